The molecule has 0 amide bonds. The van der Waals surface area contributed by atoms with Crippen LogP contribution in [-0.4, -0.2) is 30.9 Å². The molecular weight excluding hydrogens is 370 g/mol. The number of carbonyl (C=O) groups is 1. The van der Waals surface area contributed by atoms with Crippen LogP contribution in [0, 0.1) is 13.8 Å². The third-order valence-corrected chi connectivity index (χ3v) is 5.08. The van der Waals surface area contributed by atoms with Crippen molar-refractivity contribution in [2.45, 2.75) is 20.4 Å². The van der Waals surface area contributed by atoms with Gasteiger partial charge >= 0.3 is 0 Å². The second-order valence-electron chi connectivity index (χ2n) is 6.92. The van der Waals surface area contributed by atoms with Crippen LogP contribution in [0.5, 0.6) is 23.0 Å². The van der Waals surface area contributed by atoms with E-state index in [9.17, 15) is 4.79 Å². The number of ketones is 1. The Morgan fingerprint density at radius 3 is 2.59 bits per heavy atom. The van der Waals surface area contributed by atoms with Crippen molar-refractivity contribution >= 4 is 5.78 Å². The van der Waals surface area contributed by atoms with Crippen LogP contribution in [0.2, 0.25) is 0 Å². The molecule has 0 N–H and O–H groups in total. The number of rotatable bonds is 7. The maximum atomic E-state index is 12.8. The second kappa shape index (κ2) is 7.91. The molecule has 1 aliphatic rings. The van der Waals surface area contributed by atoms with Crippen molar-refractivity contribution in [1.29, 1.82) is 0 Å². The van der Waals surface area contributed by atoms with Gasteiger partial charge in [-0.15, -0.1) is 0 Å². The minimum Gasteiger partial charge on any atom is -0.493 e. The van der Waals surface area contributed by atoms with Gasteiger partial charge in [0.1, 0.15) is 0 Å². The Bertz CT molecular complexity index is 1050. The highest BCUT2D eigenvalue weighted by Gasteiger charge is 2.18. The van der Waals surface area contributed by atoms with Crippen molar-refractivity contribution in [1.82, 2.24) is 4.57 Å². The lowest BCUT2D eigenvalue weighted by molar-refractivity contribution is 0.0918. The minimum atomic E-state index is -0.0686. The van der Waals surface area contributed by atoms with E-state index in [4.69, 9.17) is 18.9 Å². The number of Topliss-reactive ketones (excluding diaryl/α,β-unsaturated/α-hetero) is 1. The number of fused-ring (bicyclic) bond motifs is 1. The van der Waals surface area contributed by atoms with Crippen LogP contribution in [-0.2, 0) is 6.54 Å². The highest BCUT2D eigenvalue weighted by molar-refractivity contribution is 5.98. The average Bonchev–Trinajstić information content (AvgIpc) is 3.31. The predicted molar refractivity (Wildman–Crippen MR) is 108 cm³/mol. The van der Waals surface area contributed by atoms with Gasteiger partial charge in [-0.1, -0.05) is 18.2 Å². The Morgan fingerprint density at radius 2 is 1.79 bits per heavy atom. The second-order valence-corrected chi connectivity index (χ2v) is 6.92. The Kier molecular flexibility index (Phi) is 5.16. The van der Waals surface area contributed by atoms with Crippen LogP contribution in [0.15, 0.2) is 48.5 Å². The van der Waals surface area contributed by atoms with E-state index < -0.39 is 0 Å². The normalized spacial score (nSPS) is 12.1. The number of aryl methyl sites for hydroxylation is 1. The maximum Gasteiger partial charge on any atom is 0.231 e. The van der Waals surface area contributed by atoms with Crippen molar-refractivity contribution in [2.75, 3.05) is 20.5 Å². The quantitative estimate of drug-likeness (QED) is 0.565. The first-order chi connectivity index (χ1) is 14.1. The molecule has 29 heavy (non-hydrogen) atoms. The first-order valence-electron chi connectivity index (χ1n) is 9.41. The third kappa shape index (κ3) is 3.78. The fourth-order valence-electron chi connectivity index (χ4n) is 3.51. The molecule has 0 unspecified atom stereocenters. The number of para-hydroxylation sites is 2. The number of ether oxygens (including phenoxy) is 4. The summed E-state index contributed by atoms with van der Waals surface area (Å²) in [5.41, 5.74) is 3.67. The molecule has 4 rings (SSSR count). The fraction of sp³-hybridized carbons (Fsp3) is 0.261. The third-order valence-electron chi connectivity index (χ3n) is 5.08. The molecule has 1 aromatic heterocycles. The van der Waals surface area contributed by atoms with Crippen molar-refractivity contribution in [2.24, 2.45) is 0 Å². The maximum absolute atomic E-state index is 12.8. The summed E-state index contributed by atoms with van der Waals surface area (Å²) in [5, 5.41) is 0. The van der Waals surface area contributed by atoms with Gasteiger partial charge in [-0.05, 0) is 49.7 Å². The van der Waals surface area contributed by atoms with Crippen LogP contribution in [0.4, 0.5) is 0 Å². The van der Waals surface area contributed by atoms with Crippen molar-refractivity contribution < 1.29 is 23.7 Å². The monoisotopic (exact) mass is 393 g/mol. The van der Waals surface area contributed by atoms with Gasteiger partial charge in [0, 0.05) is 23.5 Å². The molecule has 2 heterocycles. The molecule has 6 nitrogen and oxygen atoms in total. The molecular formula is C23H23NO5. The van der Waals surface area contributed by atoms with Crippen molar-refractivity contribution in [3.63, 3.8) is 0 Å². The fourth-order valence-corrected chi connectivity index (χ4v) is 3.51. The molecule has 0 atom stereocenters. The van der Waals surface area contributed by atoms with Gasteiger partial charge in [0.25, 0.3) is 0 Å². The average molecular weight is 393 g/mol. The number of methoxy groups -OCH3 is 1. The summed E-state index contributed by atoms with van der Waals surface area (Å²) in [6.07, 6.45) is 0. The summed E-state index contributed by atoms with van der Waals surface area (Å²) in [5.74, 6) is 2.61. The minimum absolute atomic E-state index is 0.0469. The van der Waals surface area contributed by atoms with Crippen LogP contribution in [0.25, 0.3) is 0 Å². The van der Waals surface area contributed by atoms with Gasteiger partial charge in [-0.3, -0.25) is 4.79 Å². The van der Waals surface area contributed by atoms with Crippen LogP contribution in [0.1, 0.15) is 27.3 Å². The molecule has 0 aliphatic carbocycles. The summed E-state index contributed by atoms with van der Waals surface area (Å²) in [6.45, 7) is 4.81. The van der Waals surface area contributed by atoms with Gasteiger partial charge < -0.3 is 23.5 Å². The van der Waals surface area contributed by atoms with E-state index >= 15 is 0 Å². The van der Waals surface area contributed by atoms with Gasteiger partial charge in [-0.2, -0.15) is 0 Å². The predicted octanol–water partition coefficient (Wildman–Crippen LogP) is 4.15. The number of hydrogen-bond acceptors (Lipinski definition) is 5. The zero-order chi connectivity index (χ0) is 20.4. The highest BCUT2D eigenvalue weighted by atomic mass is 16.7. The number of benzene rings is 2. The molecule has 2 aromatic carbocycles. The topological polar surface area (TPSA) is 58.9 Å². The Hall–Kier alpha value is -3.41. The molecule has 0 fully saturated rings. The van der Waals surface area contributed by atoms with Gasteiger partial charge in [0.15, 0.2) is 29.6 Å². The molecule has 0 saturated carbocycles. The molecule has 0 saturated heterocycles. The molecule has 0 radical (unpaired) electrons. The van der Waals surface area contributed by atoms with Crippen LogP contribution >= 0.6 is 0 Å². The standard InChI is InChI=1S/C23H23NO5/c1-15-10-18(19(25)13-27-21-7-5-4-6-20(21)26-3)16(2)24(15)12-17-8-9-22-23(11-17)29-14-28-22/h4-11H,12-14H2,1-3H3. The molecule has 3 aromatic rings. The smallest absolute Gasteiger partial charge is 0.231 e. The number of hydrogen-bond donors (Lipinski definition) is 0. The first-order valence-corrected chi connectivity index (χ1v) is 9.41. The van der Waals surface area contributed by atoms with E-state index in [0.717, 1.165) is 28.5 Å². The Balaban J connectivity index is 1.50. The molecule has 6 heteroatoms. The Morgan fingerprint density at radius 1 is 1.03 bits per heavy atom. The van der Waals surface area contributed by atoms with Crippen LogP contribution < -0.4 is 18.9 Å². The van der Waals surface area contributed by atoms with Crippen LogP contribution in [0.3, 0.4) is 0 Å². The largest absolute Gasteiger partial charge is 0.493 e. The van der Waals surface area contributed by atoms with E-state index in [1.165, 1.54) is 0 Å². The molecule has 0 spiro atoms. The van der Waals surface area contributed by atoms with E-state index in [1.54, 1.807) is 19.2 Å². The SMILES string of the molecule is COc1ccccc1OCC(=O)c1cc(C)n(Cc2ccc3c(c2)OCO3)c1C. The lowest BCUT2D eigenvalue weighted by atomic mass is 10.1. The summed E-state index contributed by atoms with van der Waals surface area (Å²) in [4.78, 5) is 12.8. The number of carbonyl (C=O) groups excluding carboxylic acids is 1. The summed E-state index contributed by atoms with van der Waals surface area (Å²) >= 11 is 0. The van der Waals surface area contributed by atoms with E-state index in [1.807, 2.05) is 50.2 Å². The Labute approximate surface area is 169 Å². The lowest BCUT2D eigenvalue weighted by Crippen LogP contribution is -2.13. The van der Waals surface area contributed by atoms with Crippen molar-refractivity contribution in [3.8, 4) is 23.0 Å². The number of aromatic nitrogens is 1. The van der Waals surface area contributed by atoms with Gasteiger partial charge in [0.2, 0.25) is 12.6 Å². The van der Waals surface area contributed by atoms with E-state index in [2.05, 4.69) is 4.57 Å². The first kappa shape index (κ1) is 18.9. The summed E-state index contributed by atoms with van der Waals surface area (Å²) in [7, 11) is 1.58. The van der Waals surface area contributed by atoms with Crippen molar-refractivity contribution in [3.05, 3.63) is 71.0 Å². The molecule has 1 aliphatic heterocycles. The molecule has 150 valence electrons. The van der Waals surface area contributed by atoms with Gasteiger partial charge in [-0.25, -0.2) is 0 Å². The lowest BCUT2D eigenvalue weighted by Gasteiger charge is -2.11. The zero-order valence-corrected chi connectivity index (χ0v) is 16.7. The number of nitrogens with zero attached hydrogens (tertiary/aromatic N) is 1. The van der Waals surface area contributed by atoms with E-state index in [0.29, 0.717) is 23.6 Å². The van der Waals surface area contributed by atoms with E-state index in [-0.39, 0.29) is 19.2 Å². The zero-order valence-electron chi connectivity index (χ0n) is 16.7. The summed E-state index contributed by atoms with van der Waals surface area (Å²) in [6, 6.07) is 15.1. The summed E-state index contributed by atoms with van der Waals surface area (Å²) < 4.78 is 23.9. The molecule has 0 bridgehead atoms. The van der Waals surface area contributed by atoms with Gasteiger partial charge in [0.05, 0.1) is 7.11 Å². The highest BCUT2D eigenvalue weighted by Crippen LogP contribution is 2.33.